The van der Waals surface area contributed by atoms with Crippen molar-refractivity contribution in [2.24, 2.45) is 0 Å². The van der Waals surface area contributed by atoms with Gasteiger partial charge in [-0.2, -0.15) is 0 Å². The number of esters is 1. The maximum absolute atomic E-state index is 11.2. The van der Waals surface area contributed by atoms with Crippen molar-refractivity contribution in [3.8, 4) is 11.8 Å². The highest BCUT2D eigenvalue weighted by molar-refractivity contribution is 6.33. The van der Waals surface area contributed by atoms with Crippen LogP contribution in [0.4, 0.5) is 0 Å². The van der Waals surface area contributed by atoms with Crippen molar-refractivity contribution >= 4 is 23.9 Å². The number of aldehydes is 1. The highest BCUT2D eigenvalue weighted by Crippen LogP contribution is 2.18. The monoisotopic (exact) mass is 236 g/mol. The van der Waals surface area contributed by atoms with E-state index in [1.807, 2.05) is 0 Å². The topological polar surface area (TPSA) is 43.4 Å². The number of hydrogen-bond donors (Lipinski definition) is 0. The third kappa shape index (κ3) is 3.11. The van der Waals surface area contributed by atoms with Gasteiger partial charge in [-0.25, -0.2) is 4.79 Å². The molecule has 1 aromatic rings. The van der Waals surface area contributed by atoms with Crippen LogP contribution in [-0.2, 0) is 9.53 Å². The zero-order valence-corrected chi connectivity index (χ0v) is 9.38. The highest BCUT2D eigenvalue weighted by Gasteiger charge is 2.09. The Bertz CT molecular complexity index is 469. The van der Waals surface area contributed by atoms with Crippen LogP contribution >= 0.6 is 11.6 Å². The van der Waals surface area contributed by atoms with E-state index in [4.69, 9.17) is 11.6 Å². The van der Waals surface area contributed by atoms with Crippen LogP contribution in [0.5, 0.6) is 0 Å². The minimum absolute atomic E-state index is 0.177. The second-order valence-electron chi connectivity index (χ2n) is 2.86. The van der Waals surface area contributed by atoms with Crippen molar-refractivity contribution in [1.29, 1.82) is 0 Å². The molecule has 0 atom stereocenters. The first kappa shape index (κ1) is 12.3. The number of halogens is 1. The number of benzene rings is 1. The molecular weight excluding hydrogens is 228 g/mol. The van der Waals surface area contributed by atoms with Gasteiger partial charge < -0.3 is 9.53 Å². The van der Waals surface area contributed by atoms with E-state index < -0.39 is 5.97 Å². The fraction of sp³-hybridized carbons (Fsp3) is 0.167. The summed E-state index contributed by atoms with van der Waals surface area (Å²) in [4.78, 5) is 21.3. The summed E-state index contributed by atoms with van der Waals surface area (Å²) in [5, 5.41) is 0.282. The predicted octanol–water partition coefficient (Wildman–Crippen LogP) is 2.07. The van der Waals surface area contributed by atoms with E-state index in [1.165, 1.54) is 7.11 Å². The molecule has 82 valence electrons. The zero-order valence-electron chi connectivity index (χ0n) is 8.62. The molecule has 0 amide bonds. The number of carbonyl (C=O) groups is 2. The molecule has 0 spiro atoms. The van der Waals surface area contributed by atoms with E-state index in [2.05, 4.69) is 16.6 Å². The van der Waals surface area contributed by atoms with Crippen molar-refractivity contribution in [3.05, 3.63) is 34.3 Å². The summed E-state index contributed by atoms with van der Waals surface area (Å²) in [6, 6.07) is 4.75. The Balaban J connectivity index is 2.96. The van der Waals surface area contributed by atoms with Gasteiger partial charge in [0.25, 0.3) is 0 Å². The third-order valence-electron chi connectivity index (χ3n) is 1.79. The summed E-state index contributed by atoms with van der Waals surface area (Å²) < 4.78 is 4.55. The van der Waals surface area contributed by atoms with Crippen molar-refractivity contribution in [3.63, 3.8) is 0 Å². The summed E-state index contributed by atoms with van der Waals surface area (Å²) in [5.74, 6) is 4.91. The number of ether oxygens (including phenoxy) is 1. The van der Waals surface area contributed by atoms with Gasteiger partial charge in [0.1, 0.15) is 6.29 Å². The fourth-order valence-electron chi connectivity index (χ4n) is 1.06. The molecular formula is C12H9ClO3. The largest absolute Gasteiger partial charge is 0.465 e. The number of methoxy groups -OCH3 is 1. The molecule has 0 radical (unpaired) electrons. The van der Waals surface area contributed by atoms with Gasteiger partial charge in [0.2, 0.25) is 0 Å². The molecule has 0 N–H and O–H groups in total. The zero-order chi connectivity index (χ0) is 12.0. The second kappa shape index (κ2) is 5.94. The van der Waals surface area contributed by atoms with Crippen molar-refractivity contribution in [1.82, 2.24) is 0 Å². The maximum Gasteiger partial charge on any atom is 0.339 e. The molecule has 0 aliphatic carbocycles. The van der Waals surface area contributed by atoms with Crippen LogP contribution in [-0.4, -0.2) is 19.4 Å². The molecule has 1 rings (SSSR count). The van der Waals surface area contributed by atoms with Gasteiger partial charge in [-0.05, 0) is 18.2 Å². The normalized spacial score (nSPS) is 8.88. The molecule has 3 nitrogen and oxygen atoms in total. The first-order valence-corrected chi connectivity index (χ1v) is 4.87. The van der Waals surface area contributed by atoms with Crippen LogP contribution in [0.3, 0.4) is 0 Å². The van der Waals surface area contributed by atoms with Gasteiger partial charge in [-0.15, -0.1) is 0 Å². The number of hydrogen-bond acceptors (Lipinski definition) is 3. The van der Waals surface area contributed by atoms with Gasteiger partial charge in [-0.1, -0.05) is 23.4 Å². The molecule has 0 aliphatic rings. The standard InChI is InChI=1S/C12H9ClO3/c1-16-12(15)10-6-5-9(8-11(10)13)4-2-3-7-14/h5-8H,3H2,1H3. The lowest BCUT2D eigenvalue weighted by Gasteiger charge is -2.01. The van der Waals surface area contributed by atoms with E-state index in [0.717, 1.165) is 6.29 Å². The van der Waals surface area contributed by atoms with Crippen molar-refractivity contribution < 1.29 is 14.3 Å². The Morgan fingerprint density at radius 3 is 2.88 bits per heavy atom. The molecule has 16 heavy (non-hydrogen) atoms. The number of rotatable bonds is 2. The highest BCUT2D eigenvalue weighted by atomic mass is 35.5. The smallest absolute Gasteiger partial charge is 0.339 e. The van der Waals surface area contributed by atoms with E-state index in [1.54, 1.807) is 18.2 Å². The van der Waals surface area contributed by atoms with Crippen LogP contribution in [0.2, 0.25) is 5.02 Å². The minimum Gasteiger partial charge on any atom is -0.465 e. The lowest BCUT2D eigenvalue weighted by Crippen LogP contribution is -2.01. The van der Waals surface area contributed by atoms with Crippen molar-refractivity contribution in [2.75, 3.05) is 7.11 Å². The lowest BCUT2D eigenvalue weighted by molar-refractivity contribution is -0.107. The minimum atomic E-state index is -0.489. The molecule has 0 saturated carbocycles. The van der Waals surface area contributed by atoms with Gasteiger partial charge >= 0.3 is 5.97 Å². The fourth-order valence-corrected chi connectivity index (χ4v) is 1.32. The molecule has 0 bridgehead atoms. The average molecular weight is 237 g/mol. The van der Waals surface area contributed by atoms with E-state index in [0.29, 0.717) is 11.1 Å². The van der Waals surface area contributed by atoms with Crippen LogP contribution in [0, 0.1) is 11.8 Å². The molecule has 0 aliphatic heterocycles. The van der Waals surface area contributed by atoms with Gasteiger partial charge in [0, 0.05) is 5.56 Å². The van der Waals surface area contributed by atoms with E-state index in [9.17, 15) is 9.59 Å². The maximum atomic E-state index is 11.2. The lowest BCUT2D eigenvalue weighted by atomic mass is 10.1. The van der Waals surface area contributed by atoms with E-state index in [-0.39, 0.29) is 11.4 Å². The van der Waals surface area contributed by atoms with Gasteiger partial charge in [0.15, 0.2) is 0 Å². The predicted molar refractivity (Wildman–Crippen MR) is 60.4 cm³/mol. The molecule has 0 saturated heterocycles. The van der Waals surface area contributed by atoms with Gasteiger partial charge in [-0.3, -0.25) is 0 Å². The van der Waals surface area contributed by atoms with Crippen LogP contribution in [0.1, 0.15) is 22.3 Å². The Morgan fingerprint density at radius 1 is 1.56 bits per heavy atom. The quantitative estimate of drug-likeness (QED) is 0.449. The molecule has 0 aromatic heterocycles. The molecule has 1 aromatic carbocycles. The van der Waals surface area contributed by atoms with Crippen LogP contribution < -0.4 is 0 Å². The van der Waals surface area contributed by atoms with E-state index >= 15 is 0 Å². The average Bonchev–Trinajstić information content (AvgIpc) is 2.29. The van der Waals surface area contributed by atoms with Crippen LogP contribution in [0.25, 0.3) is 0 Å². The first-order chi connectivity index (χ1) is 7.69. The Labute approximate surface area is 98.4 Å². The summed E-state index contributed by atoms with van der Waals surface area (Å²) in [5.41, 5.74) is 0.949. The number of carbonyl (C=O) groups excluding carboxylic acids is 2. The molecule has 4 heteroatoms. The summed E-state index contributed by atoms with van der Waals surface area (Å²) in [6.07, 6.45) is 0.897. The SMILES string of the molecule is COC(=O)c1ccc(C#CCC=O)cc1Cl. The Kier molecular flexibility index (Phi) is 4.56. The first-order valence-electron chi connectivity index (χ1n) is 4.49. The summed E-state index contributed by atoms with van der Waals surface area (Å²) in [6.45, 7) is 0. The molecule has 0 unspecified atom stereocenters. The van der Waals surface area contributed by atoms with Crippen molar-refractivity contribution in [2.45, 2.75) is 6.42 Å². The molecule has 0 fully saturated rings. The van der Waals surface area contributed by atoms with Crippen LogP contribution in [0.15, 0.2) is 18.2 Å². The molecule has 0 heterocycles. The third-order valence-corrected chi connectivity index (χ3v) is 2.11. The Morgan fingerprint density at radius 2 is 2.31 bits per heavy atom. The Hall–Kier alpha value is -1.79. The summed E-state index contributed by atoms with van der Waals surface area (Å²) >= 11 is 5.88. The second-order valence-corrected chi connectivity index (χ2v) is 3.27. The summed E-state index contributed by atoms with van der Waals surface area (Å²) in [7, 11) is 1.29. The van der Waals surface area contributed by atoms with Gasteiger partial charge in [0.05, 0.1) is 24.1 Å².